The summed E-state index contributed by atoms with van der Waals surface area (Å²) in [5.41, 5.74) is 0.143. The summed E-state index contributed by atoms with van der Waals surface area (Å²) in [5.74, 6) is 0. The van der Waals surface area contributed by atoms with Crippen LogP contribution in [0.2, 0.25) is 0 Å². The number of hydrogen-bond acceptors (Lipinski definition) is 4. The molecule has 0 unspecified atom stereocenters. The molecule has 5 nitrogen and oxygen atoms in total. The van der Waals surface area contributed by atoms with Crippen LogP contribution >= 0.6 is 0 Å². The van der Waals surface area contributed by atoms with E-state index in [2.05, 4.69) is 11.9 Å². The quantitative estimate of drug-likeness (QED) is 0.816. The third kappa shape index (κ3) is 3.25. The third-order valence-corrected chi connectivity index (χ3v) is 7.70. The number of benzene rings is 1. The Morgan fingerprint density at radius 3 is 2.46 bits per heavy atom. The highest BCUT2D eigenvalue weighted by atomic mass is 32.2. The number of sulfonamides is 1. The SMILES string of the molecule is CCOC[C@H]1CCC2(CCN(S(=O)(=O)c3ccccc3)CC2)N1C. The van der Waals surface area contributed by atoms with Crippen molar-refractivity contribution in [3.05, 3.63) is 30.3 Å². The van der Waals surface area contributed by atoms with Gasteiger partial charge < -0.3 is 4.74 Å². The van der Waals surface area contributed by atoms with Gasteiger partial charge in [0.25, 0.3) is 0 Å². The highest BCUT2D eigenvalue weighted by molar-refractivity contribution is 7.89. The van der Waals surface area contributed by atoms with Crippen LogP contribution < -0.4 is 0 Å². The zero-order valence-electron chi connectivity index (χ0n) is 14.6. The molecule has 2 saturated heterocycles. The van der Waals surface area contributed by atoms with Crippen LogP contribution in [0, 0.1) is 0 Å². The van der Waals surface area contributed by atoms with Crippen molar-refractivity contribution in [3.63, 3.8) is 0 Å². The van der Waals surface area contributed by atoms with Crippen LogP contribution in [0.4, 0.5) is 0 Å². The molecule has 6 heteroatoms. The molecule has 1 aromatic carbocycles. The topological polar surface area (TPSA) is 49.9 Å². The highest BCUT2D eigenvalue weighted by Crippen LogP contribution is 2.41. The van der Waals surface area contributed by atoms with Gasteiger partial charge in [0.1, 0.15) is 0 Å². The van der Waals surface area contributed by atoms with E-state index >= 15 is 0 Å². The number of piperidine rings is 1. The minimum absolute atomic E-state index is 0.143. The van der Waals surface area contributed by atoms with Crippen molar-refractivity contribution in [2.24, 2.45) is 0 Å². The van der Waals surface area contributed by atoms with Crippen molar-refractivity contribution < 1.29 is 13.2 Å². The Morgan fingerprint density at radius 2 is 1.83 bits per heavy atom. The van der Waals surface area contributed by atoms with E-state index in [9.17, 15) is 8.42 Å². The van der Waals surface area contributed by atoms with Crippen LogP contribution in [-0.2, 0) is 14.8 Å². The fraction of sp³-hybridized carbons (Fsp3) is 0.667. The van der Waals surface area contributed by atoms with Crippen LogP contribution in [0.3, 0.4) is 0 Å². The first kappa shape index (κ1) is 17.9. The van der Waals surface area contributed by atoms with Crippen LogP contribution in [0.5, 0.6) is 0 Å². The molecule has 2 aliphatic heterocycles. The largest absolute Gasteiger partial charge is 0.380 e. The fourth-order valence-corrected chi connectivity index (χ4v) is 5.59. The standard InChI is InChI=1S/C18H28N2O3S/c1-3-23-15-16-9-10-18(19(16)2)11-13-20(14-12-18)24(21,22)17-7-5-4-6-8-17/h4-8,16H,3,9-15H2,1-2H3/t16-/m1/s1. The number of ether oxygens (including phenoxy) is 1. The summed E-state index contributed by atoms with van der Waals surface area (Å²) in [4.78, 5) is 2.85. The molecule has 2 heterocycles. The Hall–Kier alpha value is -0.950. The van der Waals surface area contributed by atoms with E-state index in [0.29, 0.717) is 24.0 Å². The molecule has 1 aromatic rings. The minimum atomic E-state index is -3.36. The molecular formula is C18H28N2O3S. The van der Waals surface area contributed by atoms with Gasteiger partial charge in [-0.3, -0.25) is 4.90 Å². The lowest BCUT2D eigenvalue weighted by Gasteiger charge is -2.44. The Kier molecular flexibility index (Phi) is 5.30. The number of likely N-dealkylation sites (N-methyl/N-ethyl adjacent to an activating group) is 1. The van der Waals surface area contributed by atoms with Gasteiger partial charge in [-0.25, -0.2) is 8.42 Å². The summed E-state index contributed by atoms with van der Waals surface area (Å²) < 4.78 is 32.8. The van der Waals surface area contributed by atoms with Crippen molar-refractivity contribution >= 4 is 10.0 Å². The number of nitrogens with zero attached hydrogens (tertiary/aromatic N) is 2. The van der Waals surface area contributed by atoms with E-state index in [1.807, 2.05) is 13.0 Å². The van der Waals surface area contributed by atoms with E-state index in [1.54, 1.807) is 28.6 Å². The second-order valence-electron chi connectivity index (χ2n) is 6.90. The second-order valence-corrected chi connectivity index (χ2v) is 8.84. The molecule has 3 rings (SSSR count). The van der Waals surface area contributed by atoms with Gasteiger partial charge in [-0.05, 0) is 51.8 Å². The molecule has 134 valence electrons. The molecule has 0 bridgehead atoms. The van der Waals surface area contributed by atoms with E-state index in [-0.39, 0.29) is 5.54 Å². The van der Waals surface area contributed by atoms with Gasteiger partial charge in [0.05, 0.1) is 11.5 Å². The van der Waals surface area contributed by atoms with Gasteiger partial charge in [0.2, 0.25) is 10.0 Å². The van der Waals surface area contributed by atoms with Gasteiger partial charge in [-0.2, -0.15) is 4.31 Å². The monoisotopic (exact) mass is 352 g/mol. The third-order valence-electron chi connectivity index (χ3n) is 5.79. The first-order valence-corrected chi connectivity index (χ1v) is 10.3. The zero-order chi connectivity index (χ0) is 17.2. The lowest BCUT2D eigenvalue weighted by molar-refractivity contribution is 0.0344. The van der Waals surface area contributed by atoms with E-state index < -0.39 is 10.0 Å². The molecule has 1 atom stereocenters. The van der Waals surface area contributed by atoms with Crippen LogP contribution in [0.15, 0.2) is 35.2 Å². The number of hydrogen-bond donors (Lipinski definition) is 0. The Balaban J connectivity index is 1.66. The van der Waals surface area contributed by atoms with Gasteiger partial charge >= 0.3 is 0 Å². The summed E-state index contributed by atoms with van der Waals surface area (Å²) in [6, 6.07) is 9.22. The smallest absolute Gasteiger partial charge is 0.243 e. The summed E-state index contributed by atoms with van der Waals surface area (Å²) in [5, 5.41) is 0. The van der Waals surface area contributed by atoms with Gasteiger partial charge in [0, 0.05) is 31.3 Å². The summed E-state index contributed by atoms with van der Waals surface area (Å²) in [7, 11) is -1.18. The molecule has 1 spiro atoms. The first-order chi connectivity index (χ1) is 11.5. The summed E-state index contributed by atoms with van der Waals surface area (Å²) in [6.07, 6.45) is 4.08. The van der Waals surface area contributed by atoms with Crippen LogP contribution in [0.25, 0.3) is 0 Å². The average Bonchev–Trinajstić information content (AvgIpc) is 2.90. The van der Waals surface area contributed by atoms with E-state index in [0.717, 1.165) is 38.9 Å². The molecule has 0 aromatic heterocycles. The minimum Gasteiger partial charge on any atom is -0.380 e. The maximum absolute atomic E-state index is 12.8. The first-order valence-electron chi connectivity index (χ1n) is 8.85. The van der Waals surface area contributed by atoms with Crippen molar-refractivity contribution in [1.82, 2.24) is 9.21 Å². The van der Waals surface area contributed by atoms with Gasteiger partial charge in [-0.1, -0.05) is 18.2 Å². The maximum atomic E-state index is 12.8. The van der Waals surface area contributed by atoms with Gasteiger partial charge in [0.15, 0.2) is 0 Å². The molecule has 0 N–H and O–H groups in total. The van der Waals surface area contributed by atoms with Crippen molar-refractivity contribution in [3.8, 4) is 0 Å². The summed E-state index contributed by atoms with van der Waals surface area (Å²) in [6.45, 7) is 4.75. The Labute approximate surface area is 145 Å². The summed E-state index contributed by atoms with van der Waals surface area (Å²) >= 11 is 0. The molecule has 2 fully saturated rings. The fourth-order valence-electron chi connectivity index (χ4n) is 4.13. The molecule has 0 aliphatic carbocycles. The molecule has 2 aliphatic rings. The van der Waals surface area contributed by atoms with Crippen molar-refractivity contribution in [2.45, 2.75) is 49.1 Å². The lowest BCUT2D eigenvalue weighted by atomic mass is 9.86. The highest BCUT2D eigenvalue weighted by Gasteiger charge is 2.47. The van der Waals surface area contributed by atoms with E-state index in [4.69, 9.17) is 4.74 Å². The molecule has 0 amide bonds. The second kappa shape index (κ2) is 7.12. The van der Waals surface area contributed by atoms with Crippen molar-refractivity contribution in [1.29, 1.82) is 0 Å². The average molecular weight is 353 g/mol. The Morgan fingerprint density at radius 1 is 1.17 bits per heavy atom. The number of rotatable bonds is 5. The molecule has 24 heavy (non-hydrogen) atoms. The van der Waals surface area contributed by atoms with Crippen LogP contribution in [-0.4, -0.2) is 62.6 Å². The zero-order valence-corrected chi connectivity index (χ0v) is 15.5. The Bertz CT molecular complexity index is 639. The van der Waals surface area contributed by atoms with Gasteiger partial charge in [-0.15, -0.1) is 0 Å². The lowest BCUT2D eigenvalue weighted by Crippen LogP contribution is -2.53. The maximum Gasteiger partial charge on any atom is 0.243 e. The predicted octanol–water partition coefficient (Wildman–Crippen LogP) is 2.34. The van der Waals surface area contributed by atoms with Crippen LogP contribution in [0.1, 0.15) is 32.6 Å². The molecular weight excluding hydrogens is 324 g/mol. The molecule has 0 radical (unpaired) electrons. The van der Waals surface area contributed by atoms with Crippen molar-refractivity contribution in [2.75, 3.05) is 33.4 Å². The predicted molar refractivity (Wildman–Crippen MR) is 94.4 cm³/mol. The molecule has 0 saturated carbocycles. The van der Waals surface area contributed by atoms with E-state index in [1.165, 1.54) is 0 Å². The number of likely N-dealkylation sites (tertiary alicyclic amines) is 1. The normalized spacial score (nSPS) is 25.3.